The minimum Gasteiger partial charge on any atom is -0.504 e. The molecule has 0 saturated heterocycles. The van der Waals surface area contributed by atoms with Crippen molar-refractivity contribution in [1.29, 1.82) is 0 Å². The number of aromatic hydroxyl groups is 1. The van der Waals surface area contributed by atoms with Gasteiger partial charge >= 0.3 is 0 Å². The SMILES string of the molecule is Cc1cc(F)ccc1-n1cc(O)c(C(=O)N[C@H]2CCOc3ccccc32)n1. The number of ether oxygens (including phenoxy) is 1. The molecular weight excluding hydrogens is 349 g/mol. The van der Waals surface area contributed by atoms with E-state index in [2.05, 4.69) is 10.4 Å². The van der Waals surface area contributed by atoms with Crippen LogP contribution in [0.5, 0.6) is 11.5 Å². The Morgan fingerprint density at radius 3 is 2.96 bits per heavy atom. The highest BCUT2D eigenvalue weighted by molar-refractivity contribution is 5.95. The second-order valence-corrected chi connectivity index (χ2v) is 6.44. The fraction of sp³-hybridized carbons (Fsp3) is 0.200. The van der Waals surface area contributed by atoms with Gasteiger partial charge in [0.15, 0.2) is 11.4 Å². The molecule has 2 heterocycles. The molecule has 0 radical (unpaired) electrons. The number of carbonyl (C=O) groups is 1. The van der Waals surface area contributed by atoms with Gasteiger partial charge in [0.05, 0.1) is 24.5 Å². The van der Waals surface area contributed by atoms with Gasteiger partial charge in [-0.05, 0) is 36.8 Å². The van der Waals surface area contributed by atoms with Gasteiger partial charge in [-0.3, -0.25) is 4.79 Å². The topological polar surface area (TPSA) is 76.4 Å². The van der Waals surface area contributed by atoms with Gasteiger partial charge in [0.1, 0.15) is 11.6 Å². The molecular formula is C20H18FN3O3. The number of nitrogens with one attached hydrogen (secondary N) is 1. The number of amides is 1. The summed E-state index contributed by atoms with van der Waals surface area (Å²) in [6.45, 7) is 2.23. The largest absolute Gasteiger partial charge is 0.504 e. The van der Waals surface area contributed by atoms with Crippen molar-refractivity contribution >= 4 is 5.91 Å². The fourth-order valence-electron chi connectivity index (χ4n) is 3.24. The van der Waals surface area contributed by atoms with E-state index in [-0.39, 0.29) is 23.3 Å². The molecule has 7 heteroatoms. The van der Waals surface area contributed by atoms with E-state index < -0.39 is 5.91 Å². The second-order valence-electron chi connectivity index (χ2n) is 6.44. The molecule has 4 rings (SSSR count). The van der Waals surface area contributed by atoms with E-state index in [1.54, 1.807) is 13.0 Å². The van der Waals surface area contributed by atoms with Gasteiger partial charge in [0, 0.05) is 12.0 Å². The first-order valence-corrected chi connectivity index (χ1v) is 8.60. The van der Waals surface area contributed by atoms with E-state index in [1.807, 2.05) is 24.3 Å². The number of aryl methyl sites for hydroxylation is 1. The molecule has 0 spiro atoms. The van der Waals surface area contributed by atoms with Crippen LogP contribution in [0.15, 0.2) is 48.7 Å². The lowest BCUT2D eigenvalue weighted by atomic mass is 10.0. The zero-order valence-electron chi connectivity index (χ0n) is 14.6. The molecule has 3 aromatic rings. The van der Waals surface area contributed by atoms with Crippen molar-refractivity contribution in [2.45, 2.75) is 19.4 Å². The molecule has 1 aliphatic rings. The Balaban J connectivity index is 1.59. The molecule has 1 atom stereocenters. The zero-order chi connectivity index (χ0) is 19.0. The number of carbonyl (C=O) groups excluding carboxylic acids is 1. The molecule has 0 bridgehead atoms. The summed E-state index contributed by atoms with van der Waals surface area (Å²) in [7, 11) is 0. The Labute approximate surface area is 155 Å². The van der Waals surface area contributed by atoms with Gasteiger partial charge in [-0.1, -0.05) is 18.2 Å². The van der Waals surface area contributed by atoms with E-state index in [4.69, 9.17) is 4.74 Å². The van der Waals surface area contributed by atoms with Gasteiger partial charge in [-0.25, -0.2) is 9.07 Å². The lowest BCUT2D eigenvalue weighted by molar-refractivity contribution is 0.0916. The van der Waals surface area contributed by atoms with E-state index in [0.29, 0.717) is 24.3 Å². The summed E-state index contributed by atoms with van der Waals surface area (Å²) >= 11 is 0. The van der Waals surface area contributed by atoms with Crippen LogP contribution >= 0.6 is 0 Å². The molecule has 1 aromatic heterocycles. The first-order valence-electron chi connectivity index (χ1n) is 8.60. The Kier molecular flexibility index (Phi) is 4.27. The van der Waals surface area contributed by atoms with E-state index in [9.17, 15) is 14.3 Å². The number of hydrogen-bond donors (Lipinski definition) is 2. The van der Waals surface area contributed by atoms with E-state index in [1.165, 1.54) is 23.0 Å². The van der Waals surface area contributed by atoms with Crippen LogP contribution in [0.2, 0.25) is 0 Å². The summed E-state index contributed by atoms with van der Waals surface area (Å²) in [6, 6.07) is 11.5. The molecule has 1 amide bonds. The first-order chi connectivity index (χ1) is 13.0. The van der Waals surface area contributed by atoms with Crippen LogP contribution in [0.1, 0.15) is 34.1 Å². The monoisotopic (exact) mass is 367 g/mol. The van der Waals surface area contributed by atoms with Crippen molar-refractivity contribution in [3.63, 3.8) is 0 Å². The molecule has 2 N–H and O–H groups in total. The molecule has 6 nitrogen and oxygen atoms in total. The number of fused-ring (bicyclic) bond motifs is 1. The van der Waals surface area contributed by atoms with Crippen LogP contribution < -0.4 is 10.1 Å². The van der Waals surface area contributed by atoms with E-state index in [0.717, 1.165) is 11.3 Å². The third-order valence-corrected chi connectivity index (χ3v) is 4.58. The molecule has 138 valence electrons. The Bertz CT molecular complexity index is 1020. The van der Waals surface area contributed by atoms with Crippen LogP contribution in [0, 0.1) is 12.7 Å². The number of aromatic nitrogens is 2. The van der Waals surface area contributed by atoms with Crippen molar-refractivity contribution in [2.24, 2.45) is 0 Å². The molecule has 27 heavy (non-hydrogen) atoms. The van der Waals surface area contributed by atoms with Gasteiger partial charge in [0.2, 0.25) is 0 Å². The number of para-hydroxylation sites is 1. The van der Waals surface area contributed by atoms with Crippen molar-refractivity contribution < 1.29 is 19.0 Å². The van der Waals surface area contributed by atoms with E-state index >= 15 is 0 Å². The number of nitrogens with zero attached hydrogens (tertiary/aromatic N) is 2. The maximum Gasteiger partial charge on any atom is 0.276 e. The van der Waals surface area contributed by atoms with Crippen LogP contribution in [-0.2, 0) is 0 Å². The van der Waals surface area contributed by atoms with Crippen LogP contribution in [-0.4, -0.2) is 27.4 Å². The van der Waals surface area contributed by atoms with Gasteiger partial charge in [-0.15, -0.1) is 0 Å². The van der Waals surface area contributed by atoms with Crippen molar-refractivity contribution in [3.8, 4) is 17.2 Å². The minimum absolute atomic E-state index is 0.0808. The van der Waals surface area contributed by atoms with Crippen LogP contribution in [0.3, 0.4) is 0 Å². The standard InChI is InChI=1S/C20H18FN3O3/c1-12-10-13(21)6-7-16(12)24-11-17(25)19(23-24)20(26)22-15-8-9-27-18-5-3-2-4-14(15)18/h2-7,10-11,15,25H,8-9H2,1H3,(H,22,26)/t15-/m0/s1. The number of rotatable bonds is 3. The smallest absolute Gasteiger partial charge is 0.276 e. The van der Waals surface area contributed by atoms with Crippen molar-refractivity contribution in [3.05, 3.63) is 71.3 Å². The second kappa shape index (κ2) is 6.75. The summed E-state index contributed by atoms with van der Waals surface area (Å²) in [5.74, 6) is -0.334. The molecule has 0 saturated carbocycles. The maximum absolute atomic E-state index is 13.3. The molecule has 0 aliphatic carbocycles. The highest BCUT2D eigenvalue weighted by Gasteiger charge is 2.26. The summed E-state index contributed by atoms with van der Waals surface area (Å²) in [6.07, 6.45) is 1.97. The molecule has 0 fully saturated rings. The van der Waals surface area contributed by atoms with Gasteiger partial charge < -0.3 is 15.2 Å². The summed E-state index contributed by atoms with van der Waals surface area (Å²) < 4.78 is 20.3. The highest BCUT2D eigenvalue weighted by Crippen LogP contribution is 2.32. The number of halogens is 1. The van der Waals surface area contributed by atoms with Crippen molar-refractivity contribution in [2.75, 3.05) is 6.61 Å². The third-order valence-electron chi connectivity index (χ3n) is 4.58. The Morgan fingerprint density at radius 2 is 2.15 bits per heavy atom. The predicted octanol–water partition coefficient (Wildman–Crippen LogP) is 3.28. The maximum atomic E-state index is 13.3. The third kappa shape index (κ3) is 3.23. The fourth-order valence-corrected chi connectivity index (χ4v) is 3.24. The summed E-state index contributed by atoms with van der Waals surface area (Å²) in [4.78, 5) is 12.7. The average Bonchev–Trinajstić information content (AvgIpc) is 3.03. The highest BCUT2D eigenvalue weighted by atomic mass is 19.1. The van der Waals surface area contributed by atoms with Crippen LogP contribution in [0.25, 0.3) is 5.69 Å². The summed E-state index contributed by atoms with van der Waals surface area (Å²) in [5.41, 5.74) is 2.04. The molecule has 2 aromatic carbocycles. The lowest BCUT2D eigenvalue weighted by Gasteiger charge is -2.26. The zero-order valence-corrected chi connectivity index (χ0v) is 14.6. The molecule has 1 aliphatic heterocycles. The Hall–Kier alpha value is -3.35. The molecule has 0 unspecified atom stereocenters. The Morgan fingerprint density at radius 1 is 1.33 bits per heavy atom. The normalized spacial score (nSPS) is 15.7. The average molecular weight is 367 g/mol. The quantitative estimate of drug-likeness (QED) is 0.745. The lowest BCUT2D eigenvalue weighted by Crippen LogP contribution is -2.32. The van der Waals surface area contributed by atoms with Crippen LogP contribution in [0.4, 0.5) is 4.39 Å². The first kappa shape index (κ1) is 17.1. The van der Waals surface area contributed by atoms with Gasteiger partial charge in [-0.2, -0.15) is 5.10 Å². The summed E-state index contributed by atoms with van der Waals surface area (Å²) in [5, 5.41) is 17.3. The predicted molar refractivity (Wildman–Crippen MR) is 96.7 cm³/mol. The number of benzene rings is 2. The number of hydrogen-bond acceptors (Lipinski definition) is 4. The van der Waals surface area contributed by atoms with Crippen molar-refractivity contribution in [1.82, 2.24) is 15.1 Å². The van der Waals surface area contributed by atoms with Gasteiger partial charge in [0.25, 0.3) is 5.91 Å². The minimum atomic E-state index is -0.479.